The minimum absolute atomic E-state index is 0.0314. The lowest BCUT2D eigenvalue weighted by molar-refractivity contribution is -0.139. The first kappa shape index (κ1) is 15.8. The fourth-order valence-electron chi connectivity index (χ4n) is 3.23. The highest BCUT2D eigenvalue weighted by Crippen LogP contribution is 2.30. The van der Waals surface area contributed by atoms with Gasteiger partial charge in [0.15, 0.2) is 0 Å². The molecule has 0 spiro atoms. The Labute approximate surface area is 135 Å². The number of thioether (sulfide) groups is 1. The number of piperazine rings is 1. The molecule has 5 nitrogen and oxygen atoms in total. The summed E-state index contributed by atoms with van der Waals surface area (Å²) < 4.78 is 27.1. The summed E-state index contributed by atoms with van der Waals surface area (Å²) in [4.78, 5) is 15.5. The molecule has 3 rings (SSSR count). The summed E-state index contributed by atoms with van der Waals surface area (Å²) in [6.45, 7) is 2.84. The maximum atomic E-state index is 12.9. The van der Waals surface area contributed by atoms with Crippen molar-refractivity contribution in [3.8, 4) is 0 Å². The van der Waals surface area contributed by atoms with Gasteiger partial charge in [0, 0.05) is 24.0 Å². The van der Waals surface area contributed by atoms with Crippen LogP contribution in [-0.4, -0.2) is 55.0 Å². The van der Waals surface area contributed by atoms with Crippen LogP contribution >= 0.6 is 11.8 Å². The van der Waals surface area contributed by atoms with E-state index in [-0.39, 0.29) is 16.8 Å². The number of nitrogens with zero attached hydrogens (tertiary/aromatic N) is 2. The second kappa shape index (κ2) is 5.86. The summed E-state index contributed by atoms with van der Waals surface area (Å²) >= 11 is 1.57. The van der Waals surface area contributed by atoms with Crippen molar-refractivity contribution < 1.29 is 13.2 Å². The number of benzene rings is 1. The molecule has 22 heavy (non-hydrogen) atoms. The van der Waals surface area contributed by atoms with Crippen molar-refractivity contribution in [2.24, 2.45) is 0 Å². The molecule has 0 aliphatic carbocycles. The molecule has 2 heterocycles. The Morgan fingerprint density at radius 2 is 1.91 bits per heavy atom. The molecule has 2 aliphatic heterocycles. The van der Waals surface area contributed by atoms with Crippen LogP contribution in [0.15, 0.2) is 34.1 Å². The van der Waals surface area contributed by atoms with Crippen molar-refractivity contribution in [3.05, 3.63) is 24.3 Å². The van der Waals surface area contributed by atoms with Crippen LogP contribution in [0.2, 0.25) is 0 Å². The van der Waals surface area contributed by atoms with Gasteiger partial charge in [-0.05, 0) is 50.3 Å². The second-order valence-electron chi connectivity index (χ2n) is 5.75. The quantitative estimate of drug-likeness (QED) is 0.787. The zero-order valence-corrected chi connectivity index (χ0v) is 14.4. The molecule has 1 amide bonds. The predicted molar refractivity (Wildman–Crippen MR) is 86.3 cm³/mol. The lowest BCUT2D eigenvalue weighted by Gasteiger charge is -2.40. The number of fused-ring (bicyclic) bond motifs is 1. The Morgan fingerprint density at radius 1 is 1.23 bits per heavy atom. The van der Waals surface area contributed by atoms with E-state index in [4.69, 9.17) is 0 Å². The van der Waals surface area contributed by atoms with Gasteiger partial charge in [0.25, 0.3) is 0 Å². The summed E-state index contributed by atoms with van der Waals surface area (Å²) in [5, 5.41) is 0. The van der Waals surface area contributed by atoms with Gasteiger partial charge in [-0.15, -0.1) is 11.8 Å². The van der Waals surface area contributed by atoms with E-state index in [9.17, 15) is 13.2 Å². The molecule has 0 saturated carbocycles. The summed E-state index contributed by atoms with van der Waals surface area (Å²) in [5.74, 6) is -0.0712. The third kappa shape index (κ3) is 2.55. The Balaban J connectivity index is 1.92. The highest BCUT2D eigenvalue weighted by molar-refractivity contribution is 7.98. The smallest absolute Gasteiger partial charge is 0.243 e. The first-order valence-electron chi connectivity index (χ1n) is 7.41. The molecule has 0 N–H and O–H groups in total. The standard InChI is InChI=1S/C15H20N2O3S2/c1-11-15(18)16-9-3-4-12(16)10-17(11)22(19,20)14-7-5-13(21-2)6-8-14/h5-8,11-12H,3-4,9-10H2,1-2H3/t11-,12+/m0/s1. The number of rotatable bonds is 3. The van der Waals surface area contributed by atoms with Crippen molar-refractivity contribution in [2.75, 3.05) is 19.3 Å². The fourth-order valence-corrected chi connectivity index (χ4v) is 5.27. The average molecular weight is 340 g/mol. The molecule has 7 heteroatoms. The molecule has 2 saturated heterocycles. The molecular formula is C15H20N2O3S2. The number of carbonyl (C=O) groups is 1. The molecule has 0 radical (unpaired) electrons. The minimum atomic E-state index is -3.63. The first-order chi connectivity index (χ1) is 10.4. The van der Waals surface area contributed by atoms with Gasteiger partial charge in [0.05, 0.1) is 4.90 Å². The summed E-state index contributed by atoms with van der Waals surface area (Å²) in [7, 11) is -3.63. The van der Waals surface area contributed by atoms with E-state index in [2.05, 4.69) is 0 Å². The monoisotopic (exact) mass is 340 g/mol. The molecule has 1 aromatic rings. The van der Waals surface area contributed by atoms with Crippen LogP contribution in [0.5, 0.6) is 0 Å². The fraction of sp³-hybridized carbons (Fsp3) is 0.533. The largest absolute Gasteiger partial charge is 0.337 e. The van der Waals surface area contributed by atoms with E-state index < -0.39 is 16.1 Å². The lowest BCUT2D eigenvalue weighted by Crippen LogP contribution is -2.59. The molecule has 0 unspecified atom stereocenters. The van der Waals surface area contributed by atoms with Gasteiger partial charge >= 0.3 is 0 Å². The number of hydrogen-bond donors (Lipinski definition) is 0. The van der Waals surface area contributed by atoms with Crippen molar-refractivity contribution >= 4 is 27.7 Å². The highest BCUT2D eigenvalue weighted by Gasteiger charge is 2.45. The summed E-state index contributed by atoms with van der Waals surface area (Å²) in [6, 6.07) is 6.26. The average Bonchev–Trinajstić information content (AvgIpc) is 2.99. The zero-order chi connectivity index (χ0) is 15.9. The number of carbonyl (C=O) groups excluding carboxylic acids is 1. The van der Waals surface area contributed by atoms with Gasteiger partial charge in [0.2, 0.25) is 15.9 Å². The third-order valence-electron chi connectivity index (χ3n) is 4.51. The second-order valence-corrected chi connectivity index (χ2v) is 8.52. The van der Waals surface area contributed by atoms with Crippen molar-refractivity contribution in [3.63, 3.8) is 0 Å². The van der Waals surface area contributed by atoms with E-state index in [0.717, 1.165) is 24.3 Å². The molecule has 0 bridgehead atoms. The normalized spacial score (nSPS) is 26.3. The van der Waals surface area contributed by atoms with E-state index in [1.165, 1.54) is 4.31 Å². The molecule has 2 fully saturated rings. The van der Waals surface area contributed by atoms with Crippen LogP contribution in [0.1, 0.15) is 19.8 Å². The van der Waals surface area contributed by atoms with Crippen LogP contribution in [0.4, 0.5) is 0 Å². The maximum Gasteiger partial charge on any atom is 0.243 e. The van der Waals surface area contributed by atoms with Gasteiger partial charge in [-0.3, -0.25) is 4.79 Å². The maximum absolute atomic E-state index is 12.9. The number of amides is 1. The lowest BCUT2D eigenvalue weighted by atomic mass is 10.1. The van der Waals surface area contributed by atoms with Gasteiger partial charge < -0.3 is 4.90 Å². The molecule has 0 aromatic heterocycles. The van der Waals surface area contributed by atoms with Crippen LogP contribution < -0.4 is 0 Å². The van der Waals surface area contributed by atoms with Gasteiger partial charge in [-0.2, -0.15) is 4.31 Å². The molecular weight excluding hydrogens is 320 g/mol. The van der Waals surface area contributed by atoms with Crippen LogP contribution in [0.25, 0.3) is 0 Å². The zero-order valence-electron chi connectivity index (χ0n) is 12.7. The SMILES string of the molecule is CSc1ccc(S(=O)(=O)N2C[C@H]3CCCN3C(=O)[C@@H]2C)cc1. The summed E-state index contributed by atoms with van der Waals surface area (Å²) in [5.41, 5.74) is 0. The topological polar surface area (TPSA) is 57.7 Å². The molecule has 120 valence electrons. The van der Waals surface area contributed by atoms with E-state index >= 15 is 0 Å². The Bertz CT molecular complexity index is 673. The Hall–Kier alpha value is -1.05. The van der Waals surface area contributed by atoms with Crippen molar-refractivity contribution in [1.82, 2.24) is 9.21 Å². The molecule has 2 aliphatic rings. The first-order valence-corrected chi connectivity index (χ1v) is 10.1. The third-order valence-corrected chi connectivity index (χ3v) is 7.20. The van der Waals surface area contributed by atoms with Crippen molar-refractivity contribution in [1.29, 1.82) is 0 Å². The number of sulfonamides is 1. The highest BCUT2D eigenvalue weighted by atomic mass is 32.2. The van der Waals surface area contributed by atoms with E-state index in [0.29, 0.717) is 6.54 Å². The number of hydrogen-bond acceptors (Lipinski definition) is 4. The van der Waals surface area contributed by atoms with Gasteiger partial charge in [-0.1, -0.05) is 0 Å². The Kier molecular flexibility index (Phi) is 4.22. The van der Waals surface area contributed by atoms with Crippen LogP contribution in [-0.2, 0) is 14.8 Å². The van der Waals surface area contributed by atoms with Gasteiger partial charge in [-0.25, -0.2) is 8.42 Å². The summed E-state index contributed by atoms with van der Waals surface area (Å²) in [6.07, 6.45) is 3.79. The van der Waals surface area contributed by atoms with Crippen LogP contribution in [0, 0.1) is 0 Å². The Morgan fingerprint density at radius 3 is 2.55 bits per heavy atom. The predicted octanol–water partition coefficient (Wildman–Crippen LogP) is 1.79. The molecule has 1 aromatic carbocycles. The minimum Gasteiger partial charge on any atom is -0.337 e. The van der Waals surface area contributed by atoms with Gasteiger partial charge in [0.1, 0.15) is 6.04 Å². The van der Waals surface area contributed by atoms with E-state index in [1.54, 1.807) is 43.0 Å². The van der Waals surface area contributed by atoms with E-state index in [1.807, 2.05) is 11.2 Å². The van der Waals surface area contributed by atoms with Crippen molar-refractivity contribution in [2.45, 2.75) is 41.6 Å². The van der Waals surface area contributed by atoms with Crippen LogP contribution in [0.3, 0.4) is 0 Å². The molecule has 2 atom stereocenters.